The number of non-ortho nitro benzene ring substituents is 1. The topological polar surface area (TPSA) is 93.0 Å². The third kappa shape index (κ3) is 3.77. The van der Waals surface area contributed by atoms with Crippen molar-refractivity contribution in [2.45, 2.75) is 18.9 Å². The molecule has 0 radical (unpaired) electrons. The lowest BCUT2D eigenvalue weighted by molar-refractivity contribution is -0.384. The summed E-state index contributed by atoms with van der Waals surface area (Å²) in [5, 5.41) is 17.3. The average molecular weight is 347 g/mol. The van der Waals surface area contributed by atoms with E-state index in [1.54, 1.807) is 12.1 Å². The first-order valence-corrected chi connectivity index (χ1v) is 8.40. The number of rotatable bonds is 6. The first kappa shape index (κ1) is 16.0. The fourth-order valence-corrected chi connectivity index (χ4v) is 2.56. The van der Waals surface area contributed by atoms with Crippen LogP contribution < -0.4 is 10.6 Å². The zero-order valence-electron chi connectivity index (χ0n) is 13.9. The number of hydrogen-bond donors (Lipinski definition) is 2. The maximum absolute atomic E-state index is 10.8. The summed E-state index contributed by atoms with van der Waals surface area (Å²) >= 11 is 0. The molecule has 0 saturated heterocycles. The van der Waals surface area contributed by atoms with E-state index in [4.69, 9.17) is 0 Å². The van der Waals surface area contributed by atoms with Gasteiger partial charge in [0.15, 0.2) is 0 Å². The van der Waals surface area contributed by atoms with Gasteiger partial charge in [0.1, 0.15) is 5.82 Å². The number of nitrogens with zero attached hydrogens (tertiary/aromatic N) is 3. The second-order valence-corrected chi connectivity index (χ2v) is 6.18. The number of anilines is 3. The molecule has 0 unspecified atom stereocenters. The molecule has 1 aliphatic carbocycles. The Hall–Kier alpha value is -3.48. The van der Waals surface area contributed by atoms with Gasteiger partial charge in [0.25, 0.3) is 5.69 Å². The molecule has 3 aromatic rings. The van der Waals surface area contributed by atoms with Crippen molar-refractivity contribution in [3.05, 3.63) is 70.8 Å². The summed E-state index contributed by atoms with van der Waals surface area (Å²) in [6, 6.07) is 18.5. The van der Waals surface area contributed by atoms with E-state index in [1.165, 1.54) is 12.1 Å². The van der Waals surface area contributed by atoms with Crippen molar-refractivity contribution in [3.63, 3.8) is 0 Å². The largest absolute Gasteiger partial charge is 0.351 e. The minimum Gasteiger partial charge on any atom is -0.351 e. The van der Waals surface area contributed by atoms with Crippen molar-refractivity contribution in [3.8, 4) is 11.3 Å². The van der Waals surface area contributed by atoms with Gasteiger partial charge in [-0.05, 0) is 25.0 Å². The molecule has 2 N–H and O–H groups in total. The lowest BCUT2D eigenvalue weighted by Gasteiger charge is -2.11. The SMILES string of the molecule is O=[N+]([O-])c1ccc(Nc2cc(-c3ccccc3)nc(NC3CC3)n2)cc1. The van der Waals surface area contributed by atoms with Crippen LogP contribution in [0.15, 0.2) is 60.7 Å². The van der Waals surface area contributed by atoms with Gasteiger partial charge in [0.05, 0.1) is 10.6 Å². The van der Waals surface area contributed by atoms with Gasteiger partial charge >= 0.3 is 0 Å². The Morgan fingerprint density at radius 1 is 1.00 bits per heavy atom. The van der Waals surface area contributed by atoms with Gasteiger partial charge in [0, 0.05) is 35.5 Å². The van der Waals surface area contributed by atoms with Gasteiger partial charge in [-0.3, -0.25) is 10.1 Å². The van der Waals surface area contributed by atoms with Crippen molar-refractivity contribution in [2.24, 2.45) is 0 Å². The van der Waals surface area contributed by atoms with Crippen LogP contribution in [-0.4, -0.2) is 20.9 Å². The molecule has 7 heteroatoms. The smallest absolute Gasteiger partial charge is 0.269 e. The molecule has 0 amide bonds. The van der Waals surface area contributed by atoms with Gasteiger partial charge in [-0.15, -0.1) is 0 Å². The molecule has 1 fully saturated rings. The van der Waals surface area contributed by atoms with Crippen LogP contribution in [0.2, 0.25) is 0 Å². The van der Waals surface area contributed by atoms with Crippen LogP contribution in [0.25, 0.3) is 11.3 Å². The van der Waals surface area contributed by atoms with E-state index in [2.05, 4.69) is 20.6 Å². The fourth-order valence-electron chi connectivity index (χ4n) is 2.56. The highest BCUT2D eigenvalue weighted by Gasteiger charge is 2.22. The number of nitrogens with one attached hydrogen (secondary N) is 2. The molecular weight excluding hydrogens is 330 g/mol. The molecule has 1 aromatic heterocycles. The van der Waals surface area contributed by atoms with E-state index in [9.17, 15) is 10.1 Å². The predicted molar refractivity (Wildman–Crippen MR) is 100 cm³/mol. The minimum absolute atomic E-state index is 0.0549. The Morgan fingerprint density at radius 2 is 1.73 bits per heavy atom. The van der Waals surface area contributed by atoms with Crippen molar-refractivity contribution in [1.29, 1.82) is 0 Å². The Morgan fingerprint density at radius 3 is 2.38 bits per heavy atom. The molecule has 7 nitrogen and oxygen atoms in total. The highest BCUT2D eigenvalue weighted by Crippen LogP contribution is 2.27. The first-order chi connectivity index (χ1) is 12.7. The number of aromatic nitrogens is 2. The average Bonchev–Trinajstić information content (AvgIpc) is 3.47. The lowest BCUT2D eigenvalue weighted by Crippen LogP contribution is -2.07. The number of hydrogen-bond acceptors (Lipinski definition) is 6. The van der Waals surface area contributed by atoms with E-state index in [1.807, 2.05) is 36.4 Å². The van der Waals surface area contributed by atoms with E-state index < -0.39 is 4.92 Å². The van der Waals surface area contributed by atoms with Crippen molar-refractivity contribution in [1.82, 2.24) is 9.97 Å². The Labute approximate surface area is 150 Å². The van der Waals surface area contributed by atoms with E-state index in [0.29, 0.717) is 17.8 Å². The Bertz CT molecular complexity index is 924. The van der Waals surface area contributed by atoms with Crippen LogP contribution in [0.5, 0.6) is 0 Å². The lowest BCUT2D eigenvalue weighted by atomic mass is 10.1. The molecule has 1 heterocycles. The Balaban J connectivity index is 1.64. The summed E-state index contributed by atoms with van der Waals surface area (Å²) in [7, 11) is 0. The summed E-state index contributed by atoms with van der Waals surface area (Å²) in [6.07, 6.45) is 2.26. The van der Waals surface area contributed by atoms with Crippen LogP contribution in [-0.2, 0) is 0 Å². The van der Waals surface area contributed by atoms with E-state index in [-0.39, 0.29) is 5.69 Å². The van der Waals surface area contributed by atoms with Gasteiger partial charge in [0.2, 0.25) is 5.95 Å². The number of nitro groups is 1. The van der Waals surface area contributed by atoms with Gasteiger partial charge in [-0.1, -0.05) is 30.3 Å². The summed E-state index contributed by atoms with van der Waals surface area (Å²) in [5.41, 5.74) is 2.60. The number of benzene rings is 2. The highest BCUT2D eigenvalue weighted by atomic mass is 16.6. The molecule has 0 spiro atoms. The maximum Gasteiger partial charge on any atom is 0.269 e. The molecule has 0 aliphatic heterocycles. The minimum atomic E-state index is -0.417. The monoisotopic (exact) mass is 347 g/mol. The van der Waals surface area contributed by atoms with Crippen LogP contribution in [0.1, 0.15) is 12.8 Å². The van der Waals surface area contributed by atoms with Crippen molar-refractivity contribution >= 4 is 23.1 Å². The molecular formula is C19H17N5O2. The predicted octanol–water partition coefficient (Wildman–Crippen LogP) is 4.37. The molecule has 1 saturated carbocycles. The van der Waals surface area contributed by atoms with Gasteiger partial charge in [-0.2, -0.15) is 4.98 Å². The summed E-state index contributed by atoms with van der Waals surface area (Å²) < 4.78 is 0. The molecule has 1 aliphatic rings. The fraction of sp³-hybridized carbons (Fsp3) is 0.158. The summed E-state index contributed by atoms with van der Waals surface area (Å²) in [5.74, 6) is 1.22. The van der Waals surface area contributed by atoms with Crippen molar-refractivity contribution < 1.29 is 4.92 Å². The second kappa shape index (κ2) is 6.79. The van der Waals surface area contributed by atoms with Crippen LogP contribution in [0, 0.1) is 10.1 Å². The zero-order valence-corrected chi connectivity index (χ0v) is 13.9. The molecule has 2 aromatic carbocycles. The third-order valence-corrected chi connectivity index (χ3v) is 4.06. The summed E-state index contributed by atoms with van der Waals surface area (Å²) in [4.78, 5) is 19.5. The zero-order chi connectivity index (χ0) is 17.9. The number of nitro benzene ring substituents is 1. The normalized spacial score (nSPS) is 13.2. The standard InChI is InChI=1S/C19H17N5O2/c25-24(26)16-10-8-14(9-11-16)20-18-12-17(13-4-2-1-3-5-13)22-19(23-18)21-15-6-7-15/h1-5,8-12,15H,6-7H2,(H2,20,21,22,23). The van der Waals surface area contributed by atoms with E-state index in [0.717, 1.165) is 29.8 Å². The Kier molecular flexibility index (Phi) is 4.18. The highest BCUT2D eigenvalue weighted by molar-refractivity contribution is 5.67. The van der Waals surface area contributed by atoms with Gasteiger partial charge < -0.3 is 10.6 Å². The van der Waals surface area contributed by atoms with E-state index >= 15 is 0 Å². The first-order valence-electron chi connectivity index (χ1n) is 8.40. The van der Waals surface area contributed by atoms with Crippen LogP contribution in [0.3, 0.4) is 0 Å². The molecule has 0 atom stereocenters. The van der Waals surface area contributed by atoms with Crippen LogP contribution >= 0.6 is 0 Å². The third-order valence-electron chi connectivity index (χ3n) is 4.06. The molecule has 0 bridgehead atoms. The quantitative estimate of drug-likeness (QED) is 0.508. The van der Waals surface area contributed by atoms with Crippen molar-refractivity contribution in [2.75, 3.05) is 10.6 Å². The van der Waals surface area contributed by atoms with Gasteiger partial charge in [-0.25, -0.2) is 4.98 Å². The van der Waals surface area contributed by atoms with Crippen LogP contribution in [0.4, 0.5) is 23.1 Å². The maximum atomic E-state index is 10.8. The second-order valence-electron chi connectivity index (χ2n) is 6.18. The molecule has 26 heavy (non-hydrogen) atoms. The molecule has 130 valence electrons. The molecule has 4 rings (SSSR count). The summed E-state index contributed by atoms with van der Waals surface area (Å²) in [6.45, 7) is 0.